The SMILES string of the molecule is CC(C)C(C)(O)c1ccc(C(F)(F)F)cc1. The highest BCUT2D eigenvalue weighted by Gasteiger charge is 2.32. The number of aliphatic hydroxyl groups is 1. The highest BCUT2D eigenvalue weighted by Crippen LogP contribution is 2.33. The van der Waals surface area contributed by atoms with Crippen molar-refractivity contribution < 1.29 is 18.3 Å². The summed E-state index contributed by atoms with van der Waals surface area (Å²) >= 11 is 0. The van der Waals surface area contributed by atoms with Crippen LogP contribution in [0, 0.1) is 5.92 Å². The third kappa shape index (κ3) is 2.55. The van der Waals surface area contributed by atoms with E-state index in [1.165, 1.54) is 12.1 Å². The Morgan fingerprint density at radius 3 is 1.69 bits per heavy atom. The Labute approximate surface area is 92.9 Å². The van der Waals surface area contributed by atoms with Gasteiger partial charge in [0.2, 0.25) is 0 Å². The second-order valence-electron chi connectivity index (χ2n) is 4.38. The van der Waals surface area contributed by atoms with Crippen LogP contribution in [-0.2, 0) is 11.8 Å². The van der Waals surface area contributed by atoms with E-state index in [0.29, 0.717) is 5.56 Å². The maximum atomic E-state index is 12.3. The summed E-state index contributed by atoms with van der Waals surface area (Å²) < 4.78 is 36.9. The quantitative estimate of drug-likeness (QED) is 0.826. The van der Waals surface area contributed by atoms with Crippen molar-refractivity contribution in [1.29, 1.82) is 0 Å². The van der Waals surface area contributed by atoms with E-state index < -0.39 is 17.3 Å². The first-order valence-electron chi connectivity index (χ1n) is 5.06. The van der Waals surface area contributed by atoms with Crippen molar-refractivity contribution in [3.8, 4) is 0 Å². The molecule has 1 aromatic carbocycles. The predicted molar refractivity (Wildman–Crippen MR) is 55.9 cm³/mol. The molecule has 0 heterocycles. The molecule has 1 nitrogen and oxygen atoms in total. The molecule has 0 aliphatic heterocycles. The third-order valence-electron chi connectivity index (χ3n) is 2.92. The molecule has 90 valence electrons. The number of benzene rings is 1. The molecule has 0 aliphatic rings. The van der Waals surface area contributed by atoms with Crippen molar-refractivity contribution in [2.45, 2.75) is 32.5 Å². The topological polar surface area (TPSA) is 20.2 Å². The molecule has 0 amide bonds. The van der Waals surface area contributed by atoms with Crippen LogP contribution in [0.5, 0.6) is 0 Å². The molecule has 0 saturated heterocycles. The lowest BCUT2D eigenvalue weighted by Crippen LogP contribution is -2.27. The summed E-state index contributed by atoms with van der Waals surface area (Å²) in [6, 6.07) is 4.63. The molecule has 0 spiro atoms. The molecule has 16 heavy (non-hydrogen) atoms. The molecule has 0 bridgehead atoms. The second kappa shape index (κ2) is 4.09. The van der Waals surface area contributed by atoms with Crippen LogP contribution in [0.2, 0.25) is 0 Å². The lowest BCUT2D eigenvalue weighted by molar-refractivity contribution is -0.137. The fraction of sp³-hybridized carbons (Fsp3) is 0.500. The van der Waals surface area contributed by atoms with Gasteiger partial charge in [0.05, 0.1) is 11.2 Å². The van der Waals surface area contributed by atoms with Gasteiger partial charge in [0.1, 0.15) is 0 Å². The molecule has 0 saturated carbocycles. The van der Waals surface area contributed by atoms with Crippen molar-refractivity contribution >= 4 is 0 Å². The van der Waals surface area contributed by atoms with Gasteiger partial charge in [0.15, 0.2) is 0 Å². The molecule has 4 heteroatoms. The molecule has 1 N–H and O–H groups in total. The van der Waals surface area contributed by atoms with Crippen molar-refractivity contribution in [2.24, 2.45) is 5.92 Å². The standard InChI is InChI=1S/C12H15F3O/c1-8(2)11(3,16)9-4-6-10(7-5-9)12(13,14)15/h4-8,16H,1-3H3. The van der Waals surface area contributed by atoms with Crippen molar-refractivity contribution in [3.63, 3.8) is 0 Å². The summed E-state index contributed by atoms with van der Waals surface area (Å²) in [5.74, 6) is -0.0655. The van der Waals surface area contributed by atoms with Gasteiger partial charge in [-0.1, -0.05) is 26.0 Å². The van der Waals surface area contributed by atoms with Crippen molar-refractivity contribution in [3.05, 3.63) is 35.4 Å². The summed E-state index contributed by atoms with van der Waals surface area (Å²) in [5.41, 5.74) is -1.31. The van der Waals surface area contributed by atoms with Gasteiger partial charge in [0.25, 0.3) is 0 Å². The van der Waals surface area contributed by atoms with Crippen molar-refractivity contribution in [1.82, 2.24) is 0 Å². The predicted octanol–water partition coefficient (Wildman–Crippen LogP) is 3.57. The number of hydrogen-bond acceptors (Lipinski definition) is 1. The molecule has 0 radical (unpaired) electrons. The van der Waals surface area contributed by atoms with Crippen LogP contribution in [0.4, 0.5) is 13.2 Å². The molecular weight excluding hydrogens is 217 g/mol. The largest absolute Gasteiger partial charge is 0.416 e. The summed E-state index contributed by atoms with van der Waals surface area (Å²) in [4.78, 5) is 0. The van der Waals surface area contributed by atoms with E-state index in [9.17, 15) is 18.3 Å². The zero-order chi connectivity index (χ0) is 12.6. The molecule has 1 unspecified atom stereocenters. The van der Waals surface area contributed by atoms with Crippen LogP contribution in [0.25, 0.3) is 0 Å². The fourth-order valence-electron chi connectivity index (χ4n) is 1.33. The van der Waals surface area contributed by atoms with Crippen LogP contribution in [0.1, 0.15) is 31.9 Å². The summed E-state index contributed by atoms with van der Waals surface area (Å²) in [6.45, 7) is 5.23. The molecular formula is C12H15F3O. The zero-order valence-electron chi connectivity index (χ0n) is 9.47. The van der Waals surface area contributed by atoms with E-state index in [0.717, 1.165) is 12.1 Å². The number of halogens is 3. The summed E-state index contributed by atoms with van der Waals surface area (Å²) in [5, 5.41) is 10.1. The number of rotatable bonds is 2. The highest BCUT2D eigenvalue weighted by molar-refractivity contribution is 5.28. The van der Waals surface area contributed by atoms with Crippen LogP contribution >= 0.6 is 0 Å². The Bertz CT molecular complexity index is 350. The smallest absolute Gasteiger partial charge is 0.385 e. The lowest BCUT2D eigenvalue weighted by Gasteiger charge is -2.28. The first-order valence-corrected chi connectivity index (χ1v) is 5.06. The third-order valence-corrected chi connectivity index (χ3v) is 2.92. The monoisotopic (exact) mass is 232 g/mol. The minimum absolute atomic E-state index is 0.0655. The fourth-order valence-corrected chi connectivity index (χ4v) is 1.33. The summed E-state index contributed by atoms with van der Waals surface area (Å²) in [6.07, 6.45) is -4.33. The van der Waals surface area contributed by atoms with Crippen LogP contribution in [0.3, 0.4) is 0 Å². The molecule has 1 rings (SSSR count). The van der Waals surface area contributed by atoms with E-state index in [2.05, 4.69) is 0 Å². The maximum absolute atomic E-state index is 12.3. The van der Waals surface area contributed by atoms with Crippen LogP contribution < -0.4 is 0 Å². The second-order valence-corrected chi connectivity index (χ2v) is 4.38. The normalized spacial score (nSPS) is 16.2. The van der Waals surface area contributed by atoms with Gasteiger partial charge >= 0.3 is 6.18 Å². The van der Waals surface area contributed by atoms with Crippen molar-refractivity contribution in [2.75, 3.05) is 0 Å². The van der Waals surface area contributed by atoms with Gasteiger partial charge in [-0.2, -0.15) is 13.2 Å². The first kappa shape index (κ1) is 13.0. The molecule has 0 aliphatic carbocycles. The molecule has 1 atom stereocenters. The van der Waals surface area contributed by atoms with Crippen LogP contribution in [-0.4, -0.2) is 5.11 Å². The van der Waals surface area contributed by atoms with Gasteiger partial charge in [-0.05, 0) is 30.5 Å². The Morgan fingerprint density at radius 2 is 1.38 bits per heavy atom. The van der Waals surface area contributed by atoms with Gasteiger partial charge < -0.3 is 5.11 Å². The van der Waals surface area contributed by atoms with Gasteiger partial charge in [-0.25, -0.2) is 0 Å². The average Bonchev–Trinajstić information content (AvgIpc) is 2.16. The first-order chi connectivity index (χ1) is 7.15. The maximum Gasteiger partial charge on any atom is 0.416 e. The van der Waals surface area contributed by atoms with Gasteiger partial charge in [0, 0.05) is 0 Å². The Morgan fingerprint density at radius 1 is 1.00 bits per heavy atom. The van der Waals surface area contributed by atoms with Gasteiger partial charge in [-0.15, -0.1) is 0 Å². The Hall–Kier alpha value is -1.03. The number of alkyl halides is 3. The molecule has 0 aromatic heterocycles. The Balaban J connectivity index is 3.05. The number of hydrogen-bond donors (Lipinski definition) is 1. The Kier molecular flexibility index (Phi) is 3.33. The molecule has 0 fully saturated rings. The van der Waals surface area contributed by atoms with E-state index >= 15 is 0 Å². The lowest BCUT2D eigenvalue weighted by atomic mass is 9.85. The zero-order valence-corrected chi connectivity index (χ0v) is 9.47. The van der Waals surface area contributed by atoms with E-state index in [4.69, 9.17) is 0 Å². The highest BCUT2D eigenvalue weighted by atomic mass is 19.4. The van der Waals surface area contributed by atoms with Gasteiger partial charge in [-0.3, -0.25) is 0 Å². The summed E-state index contributed by atoms with van der Waals surface area (Å²) in [7, 11) is 0. The molecule has 1 aromatic rings. The van der Waals surface area contributed by atoms with E-state index in [1.54, 1.807) is 6.92 Å². The van der Waals surface area contributed by atoms with Crippen LogP contribution in [0.15, 0.2) is 24.3 Å². The van der Waals surface area contributed by atoms with E-state index in [1.807, 2.05) is 13.8 Å². The minimum Gasteiger partial charge on any atom is -0.385 e. The van der Waals surface area contributed by atoms with E-state index in [-0.39, 0.29) is 5.92 Å². The minimum atomic E-state index is -4.33. The average molecular weight is 232 g/mol.